The molecule has 0 radical (unpaired) electrons. The van der Waals surface area contributed by atoms with Gasteiger partial charge in [-0.2, -0.15) is 5.26 Å². The number of nitrogens with zero attached hydrogens (tertiary/aromatic N) is 4. The molecule has 2 aromatic heterocycles. The topological polar surface area (TPSA) is 81.9 Å². The lowest BCUT2D eigenvalue weighted by atomic mass is 10.1. The smallest absolute Gasteiger partial charge is 0.280 e. The molecule has 1 aromatic carbocycles. The molecule has 1 aliphatic carbocycles. The van der Waals surface area contributed by atoms with Gasteiger partial charge in [0.25, 0.3) is 5.91 Å². The van der Waals surface area contributed by atoms with Gasteiger partial charge in [0, 0.05) is 40.5 Å². The summed E-state index contributed by atoms with van der Waals surface area (Å²) in [6.07, 6.45) is 9.62. The zero-order valence-corrected chi connectivity index (χ0v) is 17.7. The summed E-state index contributed by atoms with van der Waals surface area (Å²) in [5, 5.41) is 12.8. The zero-order chi connectivity index (χ0) is 20.5. The highest BCUT2D eigenvalue weighted by Crippen LogP contribution is 2.39. The van der Waals surface area contributed by atoms with Crippen molar-refractivity contribution in [2.24, 2.45) is 5.92 Å². The first kappa shape index (κ1) is 19.1. The van der Waals surface area contributed by atoms with E-state index in [1.165, 1.54) is 11.3 Å². The molecule has 6 nitrogen and oxygen atoms in total. The summed E-state index contributed by atoms with van der Waals surface area (Å²) in [5.41, 5.74) is 0.972. The van der Waals surface area contributed by atoms with Crippen LogP contribution < -0.4 is 5.32 Å². The van der Waals surface area contributed by atoms with Crippen molar-refractivity contribution in [1.82, 2.24) is 20.2 Å². The number of piperidine rings is 1. The second-order valence-electron chi connectivity index (χ2n) is 7.47. The first-order valence-electron chi connectivity index (χ1n) is 9.83. The average Bonchev–Trinajstić information content (AvgIpc) is 3.50. The molecule has 1 saturated heterocycles. The predicted molar refractivity (Wildman–Crippen MR) is 116 cm³/mol. The van der Waals surface area contributed by atoms with Gasteiger partial charge in [-0.15, -0.1) is 11.3 Å². The molecule has 0 spiro atoms. The Morgan fingerprint density at radius 2 is 2.10 bits per heavy atom. The Morgan fingerprint density at radius 3 is 2.90 bits per heavy atom. The van der Waals surface area contributed by atoms with E-state index in [4.69, 9.17) is 0 Å². The van der Waals surface area contributed by atoms with E-state index >= 15 is 0 Å². The molecular weight excluding hydrogens is 414 g/mol. The van der Waals surface area contributed by atoms with Gasteiger partial charge in [-0.3, -0.25) is 9.78 Å². The molecule has 150 valence electrons. The van der Waals surface area contributed by atoms with Gasteiger partial charge in [-0.05, 0) is 37.0 Å². The quantitative estimate of drug-likeness (QED) is 0.612. The Hall–Kier alpha value is -2.89. The molecule has 3 heterocycles. The van der Waals surface area contributed by atoms with Crippen molar-refractivity contribution in [3.05, 3.63) is 60.0 Å². The van der Waals surface area contributed by atoms with Gasteiger partial charge in [0.1, 0.15) is 0 Å². The molecule has 2 unspecified atom stereocenters. The maximum absolute atomic E-state index is 12.8. The van der Waals surface area contributed by atoms with Crippen LogP contribution in [0.3, 0.4) is 0 Å². The number of fused-ring (bicyclic) bond motifs is 2. The zero-order valence-electron chi connectivity index (χ0n) is 16.1. The maximum atomic E-state index is 12.8. The monoisotopic (exact) mass is 433 g/mol. The Labute approximate surface area is 183 Å². The van der Waals surface area contributed by atoms with Crippen molar-refractivity contribution in [3.63, 3.8) is 0 Å². The molecule has 1 amide bonds. The van der Waals surface area contributed by atoms with E-state index in [1.807, 2.05) is 30.5 Å². The van der Waals surface area contributed by atoms with Crippen molar-refractivity contribution in [1.29, 1.82) is 5.26 Å². The van der Waals surface area contributed by atoms with E-state index in [2.05, 4.69) is 33.6 Å². The van der Waals surface area contributed by atoms with Gasteiger partial charge in [0.05, 0.1) is 17.0 Å². The molecule has 5 rings (SSSR count). The highest BCUT2D eigenvalue weighted by atomic mass is 32.2. The largest absolute Gasteiger partial charge is 0.345 e. The fraction of sp³-hybridized carbons (Fsp3) is 0.273. The van der Waals surface area contributed by atoms with Gasteiger partial charge in [0.2, 0.25) is 0 Å². The lowest BCUT2D eigenvalue weighted by molar-refractivity contribution is 0.0929. The minimum absolute atomic E-state index is 0.0343. The van der Waals surface area contributed by atoms with Crippen molar-refractivity contribution >= 4 is 29.0 Å². The number of likely N-dealkylation sites (tertiary alicyclic amines) is 1. The average molecular weight is 434 g/mol. The van der Waals surface area contributed by atoms with E-state index in [9.17, 15) is 10.1 Å². The number of benzene rings is 1. The number of amides is 1. The van der Waals surface area contributed by atoms with Crippen molar-refractivity contribution in [3.8, 4) is 16.6 Å². The Kier molecular flexibility index (Phi) is 5.15. The molecule has 2 aliphatic rings. The number of thiazole rings is 1. The second kappa shape index (κ2) is 8.09. The Balaban J connectivity index is 1.34. The molecule has 2 bridgehead atoms. The van der Waals surface area contributed by atoms with Crippen LogP contribution in [0.2, 0.25) is 0 Å². The third-order valence-electron chi connectivity index (χ3n) is 5.73. The number of carbonyl (C=O) groups excluding carboxylic acids is 1. The fourth-order valence-electron chi connectivity index (χ4n) is 4.32. The summed E-state index contributed by atoms with van der Waals surface area (Å²) in [4.78, 5) is 26.4. The summed E-state index contributed by atoms with van der Waals surface area (Å²) in [5.74, 6) is 0.194. The molecule has 2 fully saturated rings. The number of pyridine rings is 1. The number of rotatable bonds is 5. The minimum Gasteiger partial charge on any atom is -0.345 e. The van der Waals surface area contributed by atoms with Gasteiger partial charge in [-0.1, -0.05) is 30.0 Å². The van der Waals surface area contributed by atoms with Crippen LogP contribution in [0.25, 0.3) is 10.4 Å². The fourth-order valence-corrected chi connectivity index (χ4v) is 6.17. The number of nitriles is 1. The second-order valence-corrected chi connectivity index (χ2v) is 9.62. The van der Waals surface area contributed by atoms with Gasteiger partial charge < -0.3 is 10.2 Å². The lowest BCUT2D eigenvalue weighted by Gasteiger charge is -2.21. The minimum atomic E-state index is -0.158. The van der Waals surface area contributed by atoms with E-state index in [0.29, 0.717) is 10.9 Å². The van der Waals surface area contributed by atoms with Gasteiger partial charge in [-0.25, -0.2) is 4.98 Å². The van der Waals surface area contributed by atoms with Crippen LogP contribution in [0.15, 0.2) is 64.8 Å². The standard InChI is InChI=1S/C22H19N5OS2/c23-13-27-12-14-6-7-17(27)20(14)26-21(28)22-25-11-19(30-22)16-10-24-9-8-18(16)29-15-4-2-1-3-5-15/h1-5,8-11,14,17,20H,6-7,12H2,(H,26,28)/t14?,17?,20-/m1/s1. The van der Waals surface area contributed by atoms with Gasteiger partial charge >= 0.3 is 0 Å². The number of aromatic nitrogens is 2. The number of carbonyl (C=O) groups is 1. The molecule has 8 heteroatoms. The van der Waals surface area contributed by atoms with Crippen LogP contribution in [0.4, 0.5) is 0 Å². The van der Waals surface area contributed by atoms with E-state index in [-0.39, 0.29) is 18.0 Å². The van der Waals surface area contributed by atoms with E-state index in [1.54, 1.807) is 29.1 Å². The van der Waals surface area contributed by atoms with Crippen LogP contribution in [-0.4, -0.2) is 39.4 Å². The lowest BCUT2D eigenvalue weighted by Crippen LogP contribution is -2.42. The Morgan fingerprint density at radius 1 is 1.23 bits per heavy atom. The van der Waals surface area contributed by atoms with Crippen LogP contribution in [0.5, 0.6) is 0 Å². The summed E-state index contributed by atoms with van der Waals surface area (Å²) in [7, 11) is 0. The number of hydrogen-bond acceptors (Lipinski definition) is 7. The van der Waals surface area contributed by atoms with Gasteiger partial charge in [0.15, 0.2) is 11.2 Å². The SMILES string of the molecule is N#CN1CC2CCC1[C@@H]2NC(=O)c1ncc(-c2cnccc2Sc2ccccc2)s1. The van der Waals surface area contributed by atoms with Crippen LogP contribution in [0.1, 0.15) is 22.6 Å². The molecule has 1 N–H and O–H groups in total. The summed E-state index contributed by atoms with van der Waals surface area (Å²) in [6, 6.07) is 12.3. The predicted octanol–water partition coefficient (Wildman–Crippen LogP) is 4.03. The first-order chi connectivity index (χ1) is 14.7. The van der Waals surface area contributed by atoms with Crippen LogP contribution >= 0.6 is 23.1 Å². The van der Waals surface area contributed by atoms with Crippen LogP contribution in [0, 0.1) is 17.4 Å². The number of hydrogen-bond donors (Lipinski definition) is 1. The van der Waals surface area contributed by atoms with E-state index in [0.717, 1.165) is 39.6 Å². The molecule has 3 atom stereocenters. The summed E-state index contributed by atoms with van der Waals surface area (Å²) in [6.45, 7) is 0.741. The third-order valence-corrected chi connectivity index (χ3v) is 7.84. The molecule has 1 aliphatic heterocycles. The molecule has 1 saturated carbocycles. The van der Waals surface area contributed by atoms with Crippen molar-refractivity contribution < 1.29 is 4.79 Å². The first-order valence-corrected chi connectivity index (χ1v) is 11.5. The van der Waals surface area contributed by atoms with E-state index < -0.39 is 0 Å². The maximum Gasteiger partial charge on any atom is 0.280 e. The summed E-state index contributed by atoms with van der Waals surface area (Å²) >= 11 is 3.04. The molecular formula is C22H19N5OS2. The van der Waals surface area contributed by atoms with Crippen molar-refractivity contribution in [2.75, 3.05) is 6.54 Å². The highest BCUT2D eigenvalue weighted by Gasteiger charge is 2.47. The van der Waals surface area contributed by atoms with Crippen molar-refractivity contribution in [2.45, 2.75) is 34.7 Å². The highest BCUT2D eigenvalue weighted by molar-refractivity contribution is 7.99. The molecule has 3 aromatic rings. The van der Waals surface area contributed by atoms with Crippen LogP contribution in [-0.2, 0) is 0 Å². The summed E-state index contributed by atoms with van der Waals surface area (Å²) < 4.78 is 0. The Bertz CT molecular complexity index is 1110. The normalized spacial score (nSPS) is 22.1. The molecule has 30 heavy (non-hydrogen) atoms. The number of nitrogens with one attached hydrogen (secondary N) is 1. The third kappa shape index (κ3) is 3.55.